The van der Waals surface area contributed by atoms with E-state index in [2.05, 4.69) is 488 Å². The number of hydrogen-bond donors (Lipinski definition) is 1. The lowest BCUT2D eigenvalue weighted by Crippen LogP contribution is -2.64. The molecule has 0 spiro atoms. The first-order valence-electron chi connectivity index (χ1n) is 54.2. The lowest BCUT2D eigenvalue weighted by Gasteiger charge is -2.43. The smallest absolute Gasteiger partial charge is 0.260 e. The predicted molar refractivity (Wildman–Crippen MR) is 633 cm³/mol. The summed E-state index contributed by atoms with van der Waals surface area (Å²) in [5.74, 6) is 6.43. The van der Waals surface area contributed by atoms with E-state index in [0.29, 0.717) is 0 Å². The fourth-order valence-corrected chi connectivity index (χ4v) is 25.5. The zero-order valence-corrected chi connectivity index (χ0v) is 95.1. The van der Waals surface area contributed by atoms with Gasteiger partial charge in [-0.2, -0.15) is 0 Å². The van der Waals surface area contributed by atoms with Gasteiger partial charge in [0.15, 0.2) is 0 Å². The van der Waals surface area contributed by atoms with Gasteiger partial charge in [0.1, 0.15) is 46.0 Å². The fourth-order valence-electron chi connectivity index (χ4n) is 25.5. The maximum absolute atomic E-state index is 8.34. The molecule has 0 radical (unpaired) electrons. The number of nitrogens with zero attached hydrogens (tertiary/aromatic N) is 4. The van der Waals surface area contributed by atoms with Crippen LogP contribution in [0.1, 0.15) is 333 Å². The lowest BCUT2D eigenvalue weighted by atomic mass is 9.30. The number of rotatable bonds is 4. The van der Waals surface area contributed by atoms with Gasteiger partial charge in [0, 0.05) is 96.9 Å². The lowest BCUT2D eigenvalue weighted by molar-refractivity contribution is 0.464. The average molecular weight is 1940 g/mol. The van der Waals surface area contributed by atoms with Crippen molar-refractivity contribution in [3.8, 4) is 63.1 Å². The Labute approximate surface area is 875 Å². The number of ether oxygens (including phenoxy) is 4. The molecular weight excluding hydrogens is 1790 g/mol. The SMILES string of the molecule is Cc1cc(C)c(N2c3cc4c(cc3B3c5ccccc5Oc5cc(-n6c7c(C(C)(C)C)cc(C(C)(C)C)cc7c7cc(C(C)(C)C)cc(C(C)(C)C)c76)cc2c53)B2c3cc5c(cc3Oc3cc(-n6c7c(C(C)(C)C)cc(C(C)(C)C)cc7c7cc(C(C)(C)C)cc(C(C)(C)C)c76)cc(c32)O4)Nc2cc(-n3c4c(C(C)(C)C)cc(C(C)(C)C)cc4c4cc(C(C)(C)C)cc(C(C)(C)C)c43)cc3c2B5c2ccccc2O3)c(C)c1. The normalized spacial score (nSPS) is 14.7. The van der Waals surface area contributed by atoms with Crippen LogP contribution in [0.2, 0.25) is 0 Å². The second-order valence-electron chi connectivity index (χ2n) is 57.1. The molecule has 12 heteroatoms. The van der Waals surface area contributed by atoms with Gasteiger partial charge >= 0.3 is 0 Å². The van der Waals surface area contributed by atoms with Gasteiger partial charge in [-0.3, -0.25) is 0 Å². The number of aryl methyl sites for hydroxylation is 3. The average Bonchev–Trinajstić information content (AvgIpc) is 1.69. The van der Waals surface area contributed by atoms with Crippen LogP contribution in [0.3, 0.4) is 0 Å². The minimum atomic E-state index is -0.430. The van der Waals surface area contributed by atoms with E-state index in [1.807, 2.05) is 0 Å². The molecule has 6 aliphatic rings. The topological polar surface area (TPSA) is 67.0 Å². The fraction of sp³-hybridized carbons (Fsp3) is 0.378. The van der Waals surface area contributed by atoms with Crippen molar-refractivity contribution in [3.63, 3.8) is 0 Å². The predicted octanol–water partition coefficient (Wildman–Crippen LogP) is 31.3. The van der Waals surface area contributed by atoms with Crippen LogP contribution in [0.15, 0.2) is 194 Å². The first kappa shape index (κ1) is 97.8. The standard InChI is InChI=1S/C135H150B3N5O4/c1-72-48-73(2)117(74(3)49-72)143-104-71-109-101(69-99(104)137-97-45-41-43-47-107(97)145-111-65-82(63-105(143)115(111)137)141-120-86(52-77(126(10,11)12)58-92(120)132(28,29)30)87-53-78(127(13,14)15)59-93(121(87)141)133(31,32)33)138-100-68-98-102(70-108(100)146-112-66-83(67-113(147-109)116(112)138)142-122-88(54-79(128(16,17)18)60-94(122)134(34,35)36)89-55-80(129(19,20)21)61-95(123(89)142)135(37,38)39)139-103-62-81(64-110-114(103)136(98)96-44-40-42-46-106(96)144-110)140-118-84(50-75(124(4,5)6)56-90(118)130(22,23)24)85-51-76(125(7,8)9)57-91(119(85)140)131(25,26)27/h40-71,139H,1-39H3. The summed E-state index contributed by atoms with van der Waals surface area (Å²) in [6.45, 7) is 91.8. The van der Waals surface area contributed by atoms with Crippen molar-refractivity contribution in [1.29, 1.82) is 0 Å². The molecule has 9 heterocycles. The van der Waals surface area contributed by atoms with E-state index < -0.39 is 6.71 Å². The third-order valence-corrected chi connectivity index (χ3v) is 33.4. The molecule has 23 rings (SSSR count). The van der Waals surface area contributed by atoms with Crippen LogP contribution < -0.4 is 78.3 Å². The summed E-state index contributed by atoms with van der Waals surface area (Å²) in [7, 11) is 0. The summed E-state index contributed by atoms with van der Waals surface area (Å²) in [6, 6.07) is 77.4. The molecule has 748 valence electrons. The van der Waals surface area contributed by atoms with Gasteiger partial charge < -0.3 is 42.9 Å². The Hall–Kier alpha value is -12.5. The van der Waals surface area contributed by atoms with Crippen molar-refractivity contribution < 1.29 is 18.9 Å². The van der Waals surface area contributed by atoms with Gasteiger partial charge in [-0.25, -0.2) is 0 Å². The molecule has 0 saturated heterocycles. The van der Waals surface area contributed by atoms with Gasteiger partial charge in [-0.05, 0) is 268 Å². The third kappa shape index (κ3) is 15.2. The van der Waals surface area contributed by atoms with Crippen LogP contribution in [0, 0.1) is 20.8 Å². The minimum Gasteiger partial charge on any atom is -0.458 e. The van der Waals surface area contributed by atoms with Crippen LogP contribution in [-0.2, 0) is 65.0 Å². The van der Waals surface area contributed by atoms with Gasteiger partial charge in [0.2, 0.25) is 0 Å². The summed E-state index contributed by atoms with van der Waals surface area (Å²) in [6.07, 6.45) is 0. The van der Waals surface area contributed by atoms with E-state index in [-0.39, 0.29) is 78.4 Å². The molecule has 0 aliphatic carbocycles. The van der Waals surface area contributed by atoms with Crippen molar-refractivity contribution in [2.24, 2.45) is 0 Å². The summed E-state index contributed by atoms with van der Waals surface area (Å²) in [5.41, 5.74) is 42.2. The van der Waals surface area contributed by atoms with Crippen molar-refractivity contribution in [1.82, 2.24) is 13.7 Å². The van der Waals surface area contributed by atoms with Crippen LogP contribution in [0.5, 0.6) is 46.0 Å². The van der Waals surface area contributed by atoms with Crippen molar-refractivity contribution in [2.75, 3.05) is 10.2 Å². The Morgan fingerprint density at radius 2 is 0.497 bits per heavy atom. The van der Waals surface area contributed by atoms with E-state index in [0.717, 1.165) is 141 Å². The Balaban J connectivity index is 0.821. The molecular formula is C135H150B3N5O4. The molecule has 6 aliphatic heterocycles. The first-order valence-corrected chi connectivity index (χ1v) is 54.2. The molecule has 14 aromatic carbocycles. The zero-order valence-electron chi connectivity index (χ0n) is 95.1. The van der Waals surface area contributed by atoms with Crippen molar-refractivity contribution in [3.05, 3.63) is 278 Å². The minimum absolute atomic E-state index is 0.124. The number of aromatic nitrogens is 3. The van der Waals surface area contributed by atoms with Crippen LogP contribution in [-0.4, -0.2) is 33.8 Å². The van der Waals surface area contributed by atoms with Gasteiger partial charge in [0.05, 0.1) is 55.8 Å². The Kier molecular flexibility index (Phi) is 20.8. The quantitative estimate of drug-likeness (QED) is 0.177. The Morgan fingerprint density at radius 3 is 0.830 bits per heavy atom. The second kappa shape index (κ2) is 31.3. The zero-order chi connectivity index (χ0) is 105. The summed E-state index contributed by atoms with van der Waals surface area (Å²) in [4.78, 5) is 2.63. The molecule has 0 bridgehead atoms. The van der Waals surface area contributed by atoms with Gasteiger partial charge in [-0.1, -0.05) is 352 Å². The largest absolute Gasteiger partial charge is 0.458 e. The molecule has 9 nitrogen and oxygen atoms in total. The molecule has 147 heavy (non-hydrogen) atoms. The third-order valence-electron chi connectivity index (χ3n) is 33.4. The number of anilines is 5. The van der Waals surface area contributed by atoms with E-state index in [1.54, 1.807) is 0 Å². The molecule has 0 unspecified atom stereocenters. The molecule has 1 N–H and O–H groups in total. The van der Waals surface area contributed by atoms with E-state index >= 15 is 0 Å². The molecule has 0 saturated carbocycles. The van der Waals surface area contributed by atoms with E-state index in [4.69, 9.17) is 18.9 Å². The second-order valence-corrected chi connectivity index (χ2v) is 57.1. The monoisotopic (exact) mass is 1940 g/mol. The highest BCUT2D eigenvalue weighted by atomic mass is 16.5. The van der Waals surface area contributed by atoms with Crippen LogP contribution in [0.25, 0.3) is 82.5 Å². The number of para-hydroxylation sites is 2. The number of fused-ring (bicyclic) bond motifs is 21. The van der Waals surface area contributed by atoms with E-state index in [9.17, 15) is 0 Å². The summed E-state index contributed by atoms with van der Waals surface area (Å²) < 4.78 is 39.9. The highest BCUT2D eigenvalue weighted by Gasteiger charge is 2.51. The first-order chi connectivity index (χ1) is 68.2. The highest BCUT2D eigenvalue weighted by Crippen LogP contribution is 2.56. The summed E-state index contributed by atoms with van der Waals surface area (Å²) in [5, 5.41) is 11.9. The maximum Gasteiger partial charge on any atom is 0.260 e. The number of benzene rings is 14. The number of hydrogen-bond acceptors (Lipinski definition) is 6. The molecule has 3 aromatic heterocycles. The van der Waals surface area contributed by atoms with Crippen molar-refractivity contribution in [2.45, 2.75) is 335 Å². The van der Waals surface area contributed by atoms with Gasteiger partial charge in [-0.15, -0.1) is 0 Å². The van der Waals surface area contributed by atoms with Crippen LogP contribution in [0.4, 0.5) is 28.4 Å². The summed E-state index contributed by atoms with van der Waals surface area (Å²) >= 11 is 0. The van der Waals surface area contributed by atoms with Crippen LogP contribution >= 0.6 is 0 Å². The van der Waals surface area contributed by atoms with E-state index in [1.165, 1.54) is 149 Å². The molecule has 17 aromatic rings. The van der Waals surface area contributed by atoms with Crippen molar-refractivity contribution >= 4 is 163 Å². The highest BCUT2D eigenvalue weighted by molar-refractivity contribution is 7.03. The maximum atomic E-state index is 8.34. The molecule has 0 amide bonds. The van der Waals surface area contributed by atoms with Gasteiger partial charge in [0.25, 0.3) is 20.1 Å². The molecule has 0 atom stereocenters. The molecule has 0 fully saturated rings. The number of nitrogens with one attached hydrogen (secondary N) is 1. The Morgan fingerprint density at radius 1 is 0.218 bits per heavy atom. The Bertz CT molecular complexity index is 8380.